The number of para-hydroxylation sites is 1. The molecule has 2 aliphatic heterocycles. The molecule has 7 heteroatoms. The van der Waals surface area contributed by atoms with E-state index in [0.717, 1.165) is 25.9 Å². The Bertz CT molecular complexity index is 876. The molecule has 0 aliphatic carbocycles. The van der Waals surface area contributed by atoms with Crippen molar-refractivity contribution in [2.75, 3.05) is 37.4 Å². The zero-order valence-corrected chi connectivity index (χ0v) is 15.6. The molecule has 1 aromatic carbocycles. The number of nitrogens with zero attached hydrogens (tertiary/aromatic N) is 4. The molecule has 0 unspecified atom stereocenters. The second kappa shape index (κ2) is 7.00. The smallest absolute Gasteiger partial charge is 0.324 e. The molecule has 1 saturated heterocycles. The number of hydrogen-bond acceptors (Lipinski definition) is 4. The molecule has 2 aromatic rings. The molecule has 3 amide bonds. The Morgan fingerprint density at radius 1 is 1.19 bits per heavy atom. The minimum absolute atomic E-state index is 0.167. The number of amides is 3. The number of carbonyl (C=O) groups is 2. The zero-order chi connectivity index (χ0) is 19.0. The molecule has 0 atom stereocenters. The predicted octanol–water partition coefficient (Wildman–Crippen LogP) is 2.93. The molecule has 7 nitrogen and oxygen atoms in total. The van der Waals surface area contributed by atoms with Crippen LogP contribution in [0.4, 0.5) is 22.0 Å². The number of anilines is 3. The Balaban J connectivity index is 1.75. The molecular weight excluding hydrogens is 342 g/mol. The topological polar surface area (TPSA) is 68.8 Å². The fraction of sp³-hybridized carbons (Fsp3) is 0.350. The van der Waals surface area contributed by atoms with Gasteiger partial charge in [0.25, 0.3) is 5.91 Å². The maximum atomic E-state index is 13.5. The first kappa shape index (κ1) is 17.5. The molecular formula is C20H23N5O2. The maximum absolute atomic E-state index is 13.5. The van der Waals surface area contributed by atoms with Crippen LogP contribution in [0.5, 0.6) is 0 Å². The summed E-state index contributed by atoms with van der Waals surface area (Å²) in [7, 11) is 3.93. The first-order valence-corrected chi connectivity index (χ1v) is 9.17. The third-order valence-electron chi connectivity index (χ3n) is 5.37. The van der Waals surface area contributed by atoms with Crippen molar-refractivity contribution in [1.29, 1.82) is 0 Å². The van der Waals surface area contributed by atoms with Crippen molar-refractivity contribution in [3.63, 3.8) is 0 Å². The number of likely N-dealkylation sites (tertiary alicyclic amines) is 1. The SMILES string of the molecule is CN1CCC(N(C)C(=O)N2c3ccccc3C(=O)Nc3cccnc32)CC1. The zero-order valence-electron chi connectivity index (χ0n) is 15.6. The lowest BCUT2D eigenvalue weighted by atomic mass is 10.0. The van der Waals surface area contributed by atoms with Gasteiger partial charge in [-0.2, -0.15) is 0 Å². The van der Waals surface area contributed by atoms with Gasteiger partial charge >= 0.3 is 6.03 Å². The van der Waals surface area contributed by atoms with Gasteiger partial charge in [0.2, 0.25) is 0 Å². The van der Waals surface area contributed by atoms with Crippen molar-refractivity contribution in [2.45, 2.75) is 18.9 Å². The summed E-state index contributed by atoms with van der Waals surface area (Å²) in [5.74, 6) is 0.206. The highest BCUT2D eigenvalue weighted by Gasteiger charge is 2.34. The van der Waals surface area contributed by atoms with Gasteiger partial charge in [-0.25, -0.2) is 14.7 Å². The van der Waals surface area contributed by atoms with Gasteiger partial charge in [-0.05, 0) is 57.2 Å². The minimum atomic E-state index is -0.239. The highest BCUT2D eigenvalue weighted by Crippen LogP contribution is 2.37. The molecule has 1 aromatic heterocycles. The van der Waals surface area contributed by atoms with E-state index in [1.807, 2.05) is 13.1 Å². The Morgan fingerprint density at radius 3 is 2.70 bits per heavy atom. The molecule has 0 bridgehead atoms. The van der Waals surface area contributed by atoms with Gasteiger partial charge in [0.15, 0.2) is 5.82 Å². The van der Waals surface area contributed by atoms with E-state index in [-0.39, 0.29) is 18.0 Å². The summed E-state index contributed by atoms with van der Waals surface area (Å²) in [5.41, 5.74) is 1.54. The molecule has 0 spiro atoms. The number of piperidine rings is 1. The fourth-order valence-electron chi connectivity index (χ4n) is 3.73. The fourth-order valence-corrected chi connectivity index (χ4v) is 3.73. The van der Waals surface area contributed by atoms with Gasteiger partial charge in [0.05, 0.1) is 16.9 Å². The number of rotatable bonds is 1. The maximum Gasteiger partial charge on any atom is 0.330 e. The Hall–Kier alpha value is -2.93. The predicted molar refractivity (Wildman–Crippen MR) is 104 cm³/mol. The first-order chi connectivity index (χ1) is 13.1. The third kappa shape index (κ3) is 3.14. The van der Waals surface area contributed by atoms with Crippen LogP contribution >= 0.6 is 0 Å². The van der Waals surface area contributed by atoms with E-state index in [9.17, 15) is 9.59 Å². The van der Waals surface area contributed by atoms with E-state index < -0.39 is 0 Å². The van der Waals surface area contributed by atoms with Crippen LogP contribution < -0.4 is 10.2 Å². The van der Waals surface area contributed by atoms with Crippen molar-refractivity contribution in [2.24, 2.45) is 0 Å². The van der Waals surface area contributed by atoms with E-state index in [1.165, 1.54) is 0 Å². The summed E-state index contributed by atoms with van der Waals surface area (Å²) >= 11 is 0. The molecule has 0 radical (unpaired) electrons. The monoisotopic (exact) mass is 365 g/mol. The number of fused-ring (bicyclic) bond motifs is 2. The highest BCUT2D eigenvalue weighted by molar-refractivity contribution is 6.16. The second-order valence-electron chi connectivity index (χ2n) is 7.11. The van der Waals surface area contributed by atoms with Gasteiger partial charge in [0.1, 0.15) is 0 Å². The van der Waals surface area contributed by atoms with E-state index in [2.05, 4.69) is 22.2 Å². The van der Waals surface area contributed by atoms with Crippen molar-refractivity contribution >= 4 is 29.1 Å². The molecule has 0 saturated carbocycles. The first-order valence-electron chi connectivity index (χ1n) is 9.17. The van der Waals surface area contributed by atoms with Crippen molar-refractivity contribution in [1.82, 2.24) is 14.8 Å². The number of pyridine rings is 1. The third-order valence-corrected chi connectivity index (χ3v) is 5.37. The lowest BCUT2D eigenvalue weighted by molar-refractivity contribution is 0.102. The van der Waals surface area contributed by atoms with Crippen LogP contribution in [0.2, 0.25) is 0 Å². The summed E-state index contributed by atoms with van der Waals surface area (Å²) in [6, 6.07) is 10.7. The van der Waals surface area contributed by atoms with Crippen LogP contribution in [0, 0.1) is 0 Å². The second-order valence-corrected chi connectivity index (χ2v) is 7.11. The van der Waals surface area contributed by atoms with Crippen LogP contribution in [0.3, 0.4) is 0 Å². The van der Waals surface area contributed by atoms with Crippen LogP contribution in [0.1, 0.15) is 23.2 Å². The van der Waals surface area contributed by atoms with Gasteiger partial charge in [-0.1, -0.05) is 12.1 Å². The molecule has 1 N–H and O–H groups in total. The number of nitrogens with one attached hydrogen (secondary N) is 1. The number of aromatic nitrogens is 1. The molecule has 3 heterocycles. The van der Waals surface area contributed by atoms with Gasteiger partial charge in [-0.15, -0.1) is 0 Å². The average molecular weight is 365 g/mol. The van der Waals surface area contributed by atoms with Crippen molar-refractivity contribution < 1.29 is 9.59 Å². The van der Waals surface area contributed by atoms with E-state index in [0.29, 0.717) is 22.8 Å². The van der Waals surface area contributed by atoms with Crippen LogP contribution in [0.25, 0.3) is 0 Å². The summed E-state index contributed by atoms with van der Waals surface area (Å²) in [6.07, 6.45) is 3.50. The molecule has 140 valence electrons. The number of urea groups is 1. The van der Waals surface area contributed by atoms with Crippen molar-refractivity contribution in [3.05, 3.63) is 48.2 Å². The summed E-state index contributed by atoms with van der Waals surface area (Å²) in [6.45, 7) is 1.93. The summed E-state index contributed by atoms with van der Waals surface area (Å²) in [5, 5.41) is 2.87. The minimum Gasteiger partial charge on any atom is -0.324 e. The number of carbonyl (C=O) groups excluding carboxylic acids is 2. The van der Waals surface area contributed by atoms with Crippen LogP contribution in [-0.4, -0.2) is 59.9 Å². The Kier molecular flexibility index (Phi) is 4.53. The standard InChI is InChI=1S/C20H23N5O2/c1-23-12-9-14(10-13-23)24(2)20(27)25-17-8-4-3-6-15(17)19(26)22-16-7-5-11-21-18(16)25/h3-8,11,14H,9-10,12-13H2,1-2H3,(H,22,26). The Morgan fingerprint density at radius 2 is 1.93 bits per heavy atom. The van der Waals surface area contributed by atoms with E-state index in [1.54, 1.807) is 46.3 Å². The molecule has 27 heavy (non-hydrogen) atoms. The lowest BCUT2D eigenvalue weighted by Gasteiger charge is -2.37. The molecule has 4 rings (SSSR count). The molecule has 1 fully saturated rings. The normalized spacial score (nSPS) is 17.6. The summed E-state index contributed by atoms with van der Waals surface area (Å²) in [4.78, 5) is 36.2. The number of hydrogen-bond donors (Lipinski definition) is 1. The lowest BCUT2D eigenvalue weighted by Crippen LogP contribution is -2.48. The van der Waals surface area contributed by atoms with Crippen LogP contribution in [0.15, 0.2) is 42.6 Å². The average Bonchev–Trinajstić information content (AvgIpc) is 2.81. The van der Waals surface area contributed by atoms with E-state index >= 15 is 0 Å². The Labute approximate surface area is 158 Å². The number of benzene rings is 1. The van der Waals surface area contributed by atoms with Gasteiger partial charge in [-0.3, -0.25) is 4.79 Å². The van der Waals surface area contributed by atoms with Crippen LogP contribution in [-0.2, 0) is 0 Å². The van der Waals surface area contributed by atoms with Crippen molar-refractivity contribution in [3.8, 4) is 0 Å². The van der Waals surface area contributed by atoms with Gasteiger partial charge in [0, 0.05) is 19.3 Å². The van der Waals surface area contributed by atoms with Gasteiger partial charge < -0.3 is 15.1 Å². The van der Waals surface area contributed by atoms with E-state index in [4.69, 9.17) is 0 Å². The quantitative estimate of drug-likeness (QED) is 0.844. The largest absolute Gasteiger partial charge is 0.330 e. The molecule has 2 aliphatic rings. The highest BCUT2D eigenvalue weighted by atomic mass is 16.2. The summed E-state index contributed by atoms with van der Waals surface area (Å²) < 4.78 is 0.